The molecule has 1 N–H and O–H groups in total. The molecule has 4 nitrogen and oxygen atoms in total. The molecule has 0 aliphatic carbocycles. The molecule has 0 bridgehead atoms. The van der Waals surface area contributed by atoms with Gasteiger partial charge in [0.15, 0.2) is 0 Å². The molecule has 0 amide bonds. The van der Waals surface area contributed by atoms with Gasteiger partial charge in [0.05, 0.1) is 6.54 Å². The highest BCUT2D eigenvalue weighted by molar-refractivity contribution is 9.10. The number of halogens is 1. The summed E-state index contributed by atoms with van der Waals surface area (Å²) in [5.41, 5.74) is 1.16. The van der Waals surface area contributed by atoms with Crippen LogP contribution in [0.5, 0.6) is 5.75 Å². The van der Waals surface area contributed by atoms with Crippen molar-refractivity contribution in [2.24, 2.45) is 0 Å². The number of hydrogen-bond donors (Lipinski definition) is 1. The Hall–Kier alpha value is -1.33. The van der Waals surface area contributed by atoms with E-state index in [0.717, 1.165) is 22.3 Å². The van der Waals surface area contributed by atoms with Crippen molar-refractivity contribution in [1.29, 1.82) is 0 Å². The summed E-state index contributed by atoms with van der Waals surface area (Å²) < 4.78 is 8.77. The first-order valence-corrected chi connectivity index (χ1v) is 7.07. The van der Waals surface area contributed by atoms with Gasteiger partial charge in [-0.3, -0.25) is 4.68 Å². The van der Waals surface area contributed by atoms with Crippen LogP contribution >= 0.6 is 15.9 Å². The molecule has 1 heterocycles. The van der Waals surface area contributed by atoms with Gasteiger partial charge in [-0.2, -0.15) is 5.10 Å². The first-order chi connectivity index (χ1) is 9.20. The fourth-order valence-corrected chi connectivity index (χ4v) is 2.17. The Kier molecular flexibility index (Phi) is 4.99. The lowest BCUT2D eigenvalue weighted by molar-refractivity contribution is 0.286. The maximum Gasteiger partial charge on any atom is 0.125 e. The van der Waals surface area contributed by atoms with Crippen LogP contribution < -0.4 is 10.1 Å². The summed E-state index contributed by atoms with van der Waals surface area (Å²) in [6.45, 7) is 3.46. The molecule has 1 unspecified atom stereocenters. The summed E-state index contributed by atoms with van der Waals surface area (Å²) in [6, 6.07) is 8.28. The van der Waals surface area contributed by atoms with Gasteiger partial charge < -0.3 is 10.1 Å². The number of nitrogens with zero attached hydrogens (tertiary/aromatic N) is 2. The zero-order valence-corrected chi connectivity index (χ0v) is 12.7. The van der Waals surface area contributed by atoms with Crippen molar-refractivity contribution in [3.63, 3.8) is 0 Å². The first-order valence-electron chi connectivity index (χ1n) is 6.27. The fourth-order valence-electron chi connectivity index (χ4n) is 1.83. The van der Waals surface area contributed by atoms with Crippen molar-refractivity contribution < 1.29 is 4.74 Å². The van der Waals surface area contributed by atoms with E-state index in [1.165, 1.54) is 0 Å². The summed E-state index contributed by atoms with van der Waals surface area (Å²) in [5, 5.41) is 7.39. The Morgan fingerprint density at radius 1 is 1.47 bits per heavy atom. The second-order valence-corrected chi connectivity index (χ2v) is 5.23. The van der Waals surface area contributed by atoms with Crippen LogP contribution in [-0.2, 0) is 6.54 Å². The minimum absolute atomic E-state index is 0.257. The van der Waals surface area contributed by atoms with E-state index < -0.39 is 0 Å². The Bertz CT molecular complexity index is 513. The number of hydrogen-bond acceptors (Lipinski definition) is 3. The summed E-state index contributed by atoms with van der Waals surface area (Å²) in [6.07, 6.45) is 3.70. The molecule has 5 heteroatoms. The molecule has 2 rings (SSSR count). The van der Waals surface area contributed by atoms with Crippen molar-refractivity contribution in [1.82, 2.24) is 15.1 Å². The zero-order chi connectivity index (χ0) is 13.7. The van der Waals surface area contributed by atoms with E-state index in [4.69, 9.17) is 4.74 Å². The molecule has 0 aliphatic rings. The van der Waals surface area contributed by atoms with Gasteiger partial charge in [-0.15, -0.1) is 0 Å². The number of aromatic nitrogens is 2. The van der Waals surface area contributed by atoms with E-state index in [0.29, 0.717) is 6.61 Å². The van der Waals surface area contributed by atoms with E-state index >= 15 is 0 Å². The van der Waals surface area contributed by atoms with Crippen molar-refractivity contribution in [3.05, 3.63) is 46.7 Å². The minimum atomic E-state index is 0.257. The summed E-state index contributed by atoms with van der Waals surface area (Å²) in [7, 11) is 1.94. The predicted octanol–water partition coefficient (Wildman–Crippen LogP) is 3.01. The summed E-state index contributed by atoms with van der Waals surface area (Å²) in [4.78, 5) is 0. The lowest BCUT2D eigenvalue weighted by Gasteiger charge is -2.17. The lowest BCUT2D eigenvalue weighted by atomic mass is 10.1. The maximum atomic E-state index is 5.88. The predicted molar refractivity (Wildman–Crippen MR) is 79.3 cm³/mol. The average molecular weight is 324 g/mol. The Morgan fingerprint density at radius 3 is 3.00 bits per heavy atom. The third-order valence-electron chi connectivity index (χ3n) is 3.01. The summed E-state index contributed by atoms with van der Waals surface area (Å²) in [5.74, 6) is 0.906. The van der Waals surface area contributed by atoms with Crippen LogP contribution in [0.15, 0.2) is 41.1 Å². The van der Waals surface area contributed by atoms with Crippen molar-refractivity contribution in [3.8, 4) is 5.75 Å². The topological polar surface area (TPSA) is 39.1 Å². The normalized spacial score (nSPS) is 12.4. The van der Waals surface area contributed by atoms with Gasteiger partial charge in [0, 0.05) is 28.5 Å². The van der Waals surface area contributed by atoms with Crippen LogP contribution in [0.4, 0.5) is 0 Å². The molecule has 1 atom stereocenters. The maximum absolute atomic E-state index is 5.88. The fraction of sp³-hybridized carbons (Fsp3) is 0.357. The van der Waals surface area contributed by atoms with E-state index in [-0.39, 0.29) is 6.04 Å². The molecule has 0 saturated carbocycles. The zero-order valence-electron chi connectivity index (χ0n) is 11.1. The van der Waals surface area contributed by atoms with Crippen molar-refractivity contribution >= 4 is 15.9 Å². The average Bonchev–Trinajstić information content (AvgIpc) is 2.91. The highest BCUT2D eigenvalue weighted by Crippen LogP contribution is 2.28. The van der Waals surface area contributed by atoms with Gasteiger partial charge in [0.25, 0.3) is 0 Å². The minimum Gasteiger partial charge on any atom is -0.491 e. The molecule has 0 radical (unpaired) electrons. The van der Waals surface area contributed by atoms with Crippen LogP contribution in [0.1, 0.15) is 18.5 Å². The molecule has 0 spiro atoms. The van der Waals surface area contributed by atoms with Crippen LogP contribution in [0.2, 0.25) is 0 Å². The first kappa shape index (κ1) is 14.1. The third kappa shape index (κ3) is 3.81. The Labute approximate surface area is 121 Å². The number of benzene rings is 1. The smallest absolute Gasteiger partial charge is 0.125 e. The molecule has 19 heavy (non-hydrogen) atoms. The van der Waals surface area contributed by atoms with Crippen LogP contribution in [-0.4, -0.2) is 23.4 Å². The van der Waals surface area contributed by atoms with Gasteiger partial charge in [-0.1, -0.05) is 22.0 Å². The van der Waals surface area contributed by atoms with Crippen LogP contribution in [0, 0.1) is 0 Å². The Morgan fingerprint density at radius 2 is 2.32 bits per heavy atom. The van der Waals surface area contributed by atoms with Crippen LogP contribution in [0.3, 0.4) is 0 Å². The molecular formula is C14H18BrN3O. The number of ether oxygens (including phenoxy) is 1. The van der Waals surface area contributed by atoms with E-state index in [1.54, 1.807) is 6.20 Å². The molecule has 0 saturated heterocycles. The summed E-state index contributed by atoms with van der Waals surface area (Å²) >= 11 is 3.48. The molecule has 0 fully saturated rings. The molecule has 2 aromatic rings. The number of rotatable bonds is 6. The highest BCUT2D eigenvalue weighted by atomic mass is 79.9. The molecular weight excluding hydrogens is 306 g/mol. The van der Waals surface area contributed by atoms with Gasteiger partial charge >= 0.3 is 0 Å². The van der Waals surface area contributed by atoms with Crippen molar-refractivity contribution in [2.75, 3.05) is 13.7 Å². The van der Waals surface area contributed by atoms with Crippen molar-refractivity contribution in [2.45, 2.75) is 19.5 Å². The molecule has 1 aromatic heterocycles. The van der Waals surface area contributed by atoms with E-state index in [9.17, 15) is 0 Å². The highest BCUT2D eigenvalue weighted by Gasteiger charge is 2.10. The molecule has 102 valence electrons. The number of nitrogens with one attached hydrogen (secondary N) is 1. The van der Waals surface area contributed by atoms with Gasteiger partial charge in [0.2, 0.25) is 0 Å². The van der Waals surface area contributed by atoms with Gasteiger partial charge in [-0.05, 0) is 32.2 Å². The van der Waals surface area contributed by atoms with E-state index in [2.05, 4.69) is 39.3 Å². The third-order valence-corrected chi connectivity index (χ3v) is 3.51. The lowest BCUT2D eigenvalue weighted by Crippen LogP contribution is -2.15. The standard InChI is InChI=1S/C14H18BrN3O/c1-11(16-2)13-5-4-12(15)10-14(13)19-9-8-18-7-3-6-17-18/h3-7,10-11,16H,8-9H2,1-2H3. The SMILES string of the molecule is CNC(C)c1ccc(Br)cc1OCCn1cccn1. The quantitative estimate of drug-likeness (QED) is 0.888. The van der Waals surface area contributed by atoms with Crippen LogP contribution in [0.25, 0.3) is 0 Å². The largest absolute Gasteiger partial charge is 0.491 e. The monoisotopic (exact) mass is 323 g/mol. The van der Waals surface area contributed by atoms with Gasteiger partial charge in [-0.25, -0.2) is 0 Å². The molecule has 1 aromatic carbocycles. The Balaban J connectivity index is 2.03. The second kappa shape index (κ2) is 6.73. The van der Waals surface area contributed by atoms with Gasteiger partial charge in [0.1, 0.15) is 12.4 Å². The molecule has 0 aliphatic heterocycles. The second-order valence-electron chi connectivity index (χ2n) is 4.31. The van der Waals surface area contributed by atoms with E-state index in [1.807, 2.05) is 36.1 Å².